The Hall–Kier alpha value is -1.40. The van der Waals surface area contributed by atoms with Crippen molar-refractivity contribution in [2.75, 3.05) is 24.2 Å². The van der Waals surface area contributed by atoms with E-state index in [4.69, 9.17) is 5.73 Å². The molecule has 0 saturated heterocycles. The molecule has 0 aliphatic heterocycles. The van der Waals surface area contributed by atoms with Crippen LogP contribution in [0.2, 0.25) is 0 Å². The third-order valence-electron chi connectivity index (χ3n) is 3.27. The molecule has 1 aliphatic carbocycles. The van der Waals surface area contributed by atoms with Crippen LogP contribution in [0.1, 0.15) is 12.8 Å². The second-order valence-electron chi connectivity index (χ2n) is 4.58. The van der Waals surface area contributed by atoms with E-state index in [0.717, 1.165) is 35.4 Å². The Kier molecular flexibility index (Phi) is 2.41. The van der Waals surface area contributed by atoms with Gasteiger partial charge in [-0.2, -0.15) is 4.98 Å². The molecule has 90 valence electrons. The number of nitrogens with one attached hydrogen (secondary N) is 1. The number of fused-ring (bicyclic) bond motifs is 1. The first-order valence-electron chi connectivity index (χ1n) is 5.58. The molecule has 0 aromatic carbocycles. The van der Waals surface area contributed by atoms with E-state index >= 15 is 0 Å². The Morgan fingerprint density at radius 3 is 3.00 bits per heavy atom. The van der Waals surface area contributed by atoms with Gasteiger partial charge in [0.25, 0.3) is 0 Å². The van der Waals surface area contributed by atoms with Gasteiger partial charge in [-0.25, -0.2) is 4.98 Å². The van der Waals surface area contributed by atoms with Crippen LogP contribution in [0, 0.1) is 5.41 Å². The van der Waals surface area contributed by atoms with Crippen LogP contribution in [0.5, 0.6) is 0 Å². The second kappa shape index (κ2) is 3.82. The highest BCUT2D eigenvalue weighted by molar-refractivity contribution is 7.16. The van der Waals surface area contributed by atoms with Gasteiger partial charge in [0.15, 0.2) is 0 Å². The zero-order valence-electron chi connectivity index (χ0n) is 9.31. The van der Waals surface area contributed by atoms with Crippen LogP contribution in [0.15, 0.2) is 11.4 Å². The Labute approximate surface area is 103 Å². The molecule has 1 saturated carbocycles. The molecule has 1 aliphatic rings. The molecule has 17 heavy (non-hydrogen) atoms. The summed E-state index contributed by atoms with van der Waals surface area (Å²) in [4.78, 5) is 9.29. The minimum Gasteiger partial charge on any atom is -0.396 e. The van der Waals surface area contributed by atoms with Crippen molar-refractivity contribution >= 4 is 33.3 Å². The smallest absolute Gasteiger partial charge is 0.223 e. The molecule has 3 rings (SSSR count). The van der Waals surface area contributed by atoms with E-state index < -0.39 is 0 Å². The van der Waals surface area contributed by atoms with Gasteiger partial charge in [-0.15, -0.1) is 11.3 Å². The average Bonchev–Trinajstić information content (AvgIpc) is 2.96. The Bertz CT molecular complexity index is 549. The number of aliphatic hydroxyl groups is 1. The van der Waals surface area contributed by atoms with E-state index in [9.17, 15) is 5.11 Å². The first kappa shape index (κ1) is 10.7. The average molecular weight is 250 g/mol. The molecule has 5 nitrogen and oxygen atoms in total. The van der Waals surface area contributed by atoms with Crippen LogP contribution in [0.3, 0.4) is 0 Å². The number of nitrogen functional groups attached to an aromatic ring is 1. The summed E-state index contributed by atoms with van der Waals surface area (Å²) in [5.74, 6) is 1.06. The van der Waals surface area contributed by atoms with Crippen molar-refractivity contribution in [3.8, 4) is 0 Å². The summed E-state index contributed by atoms with van der Waals surface area (Å²) >= 11 is 1.55. The number of hydrogen-bond donors (Lipinski definition) is 3. The molecule has 0 spiro atoms. The lowest BCUT2D eigenvalue weighted by Gasteiger charge is -2.13. The van der Waals surface area contributed by atoms with Crippen LogP contribution in [0.4, 0.5) is 11.8 Å². The van der Waals surface area contributed by atoms with Gasteiger partial charge >= 0.3 is 0 Å². The number of anilines is 2. The van der Waals surface area contributed by atoms with E-state index in [-0.39, 0.29) is 18.0 Å². The first-order valence-corrected chi connectivity index (χ1v) is 6.46. The molecule has 0 unspecified atom stereocenters. The maximum Gasteiger partial charge on any atom is 0.223 e. The van der Waals surface area contributed by atoms with Crippen molar-refractivity contribution in [1.29, 1.82) is 0 Å². The van der Waals surface area contributed by atoms with Crippen LogP contribution in [0.25, 0.3) is 10.2 Å². The highest BCUT2D eigenvalue weighted by Crippen LogP contribution is 2.45. The van der Waals surface area contributed by atoms with Crippen LogP contribution in [-0.2, 0) is 0 Å². The number of nitrogens with zero attached hydrogens (tertiary/aromatic N) is 2. The van der Waals surface area contributed by atoms with Gasteiger partial charge in [0.1, 0.15) is 10.6 Å². The molecule has 0 amide bonds. The monoisotopic (exact) mass is 250 g/mol. The van der Waals surface area contributed by atoms with Gasteiger partial charge in [0.05, 0.1) is 12.0 Å². The highest BCUT2D eigenvalue weighted by atomic mass is 32.1. The van der Waals surface area contributed by atoms with Crippen molar-refractivity contribution in [2.45, 2.75) is 12.8 Å². The van der Waals surface area contributed by atoms with Crippen molar-refractivity contribution < 1.29 is 5.11 Å². The third-order valence-corrected chi connectivity index (χ3v) is 4.07. The summed E-state index contributed by atoms with van der Waals surface area (Å²) in [6, 6.07) is 1.99. The summed E-state index contributed by atoms with van der Waals surface area (Å²) in [5.41, 5.74) is 5.72. The maximum absolute atomic E-state index is 9.27. The van der Waals surface area contributed by atoms with Gasteiger partial charge in [0, 0.05) is 12.0 Å². The number of aromatic nitrogens is 2. The van der Waals surface area contributed by atoms with E-state index in [1.165, 1.54) is 0 Å². The number of rotatable bonds is 4. The number of aliphatic hydroxyl groups excluding tert-OH is 1. The van der Waals surface area contributed by atoms with Crippen LogP contribution in [-0.4, -0.2) is 28.2 Å². The molecule has 2 aromatic heterocycles. The van der Waals surface area contributed by atoms with Gasteiger partial charge in [-0.1, -0.05) is 0 Å². The summed E-state index contributed by atoms with van der Waals surface area (Å²) in [7, 11) is 0. The van der Waals surface area contributed by atoms with E-state index in [0.29, 0.717) is 0 Å². The fourth-order valence-corrected chi connectivity index (χ4v) is 2.62. The number of nitrogens with two attached hydrogens (primary N) is 1. The van der Waals surface area contributed by atoms with Crippen molar-refractivity contribution in [3.63, 3.8) is 0 Å². The Balaban J connectivity index is 1.86. The Morgan fingerprint density at radius 2 is 2.29 bits per heavy atom. The van der Waals surface area contributed by atoms with Gasteiger partial charge in [0.2, 0.25) is 5.95 Å². The molecule has 0 atom stereocenters. The molecule has 4 N–H and O–H groups in total. The number of thiophene rings is 1. The van der Waals surface area contributed by atoms with Gasteiger partial charge < -0.3 is 16.2 Å². The fraction of sp³-hybridized carbons (Fsp3) is 0.455. The quantitative estimate of drug-likeness (QED) is 0.765. The third kappa shape index (κ3) is 1.94. The van der Waals surface area contributed by atoms with E-state index in [1.807, 2.05) is 11.4 Å². The molecule has 0 bridgehead atoms. The predicted molar refractivity (Wildman–Crippen MR) is 69.1 cm³/mol. The fourth-order valence-electron chi connectivity index (χ4n) is 1.85. The molecular formula is C11H14N4OS. The summed E-state index contributed by atoms with van der Waals surface area (Å²) in [5, 5.41) is 15.5. The lowest BCUT2D eigenvalue weighted by Crippen LogP contribution is -2.19. The van der Waals surface area contributed by atoms with E-state index in [2.05, 4.69) is 15.3 Å². The second-order valence-corrected chi connectivity index (χ2v) is 5.48. The zero-order chi connectivity index (χ0) is 11.9. The van der Waals surface area contributed by atoms with Crippen molar-refractivity contribution in [2.24, 2.45) is 5.41 Å². The van der Waals surface area contributed by atoms with Gasteiger partial charge in [-0.3, -0.25) is 0 Å². The molecule has 2 aromatic rings. The van der Waals surface area contributed by atoms with Crippen molar-refractivity contribution in [3.05, 3.63) is 11.4 Å². The van der Waals surface area contributed by atoms with Gasteiger partial charge in [-0.05, 0) is 24.3 Å². The minimum atomic E-state index is 0.0576. The van der Waals surface area contributed by atoms with E-state index in [1.54, 1.807) is 11.3 Å². The van der Waals surface area contributed by atoms with Crippen molar-refractivity contribution in [1.82, 2.24) is 9.97 Å². The largest absolute Gasteiger partial charge is 0.396 e. The summed E-state index contributed by atoms with van der Waals surface area (Å²) < 4.78 is 0. The maximum atomic E-state index is 9.27. The zero-order valence-corrected chi connectivity index (χ0v) is 10.1. The van der Waals surface area contributed by atoms with Crippen LogP contribution < -0.4 is 11.1 Å². The van der Waals surface area contributed by atoms with Crippen LogP contribution >= 0.6 is 11.3 Å². The molecule has 2 heterocycles. The predicted octanol–water partition coefficient (Wildman–Crippen LogP) is 1.46. The standard InChI is InChI=1S/C11H14N4OS/c12-10-14-8(7-1-4-17-9(7)15-10)13-5-11(6-16)2-3-11/h1,4,16H,2-3,5-6H2,(H3,12,13,14,15). The number of hydrogen-bond acceptors (Lipinski definition) is 6. The first-order chi connectivity index (χ1) is 8.22. The molecular weight excluding hydrogens is 236 g/mol. The molecule has 0 radical (unpaired) electrons. The Morgan fingerprint density at radius 1 is 1.47 bits per heavy atom. The SMILES string of the molecule is Nc1nc(NCC2(CO)CC2)c2ccsc2n1. The summed E-state index contributed by atoms with van der Waals surface area (Å²) in [6.07, 6.45) is 2.15. The minimum absolute atomic E-state index is 0.0576. The molecule has 6 heteroatoms. The topological polar surface area (TPSA) is 84.1 Å². The highest BCUT2D eigenvalue weighted by Gasteiger charge is 2.41. The molecule has 1 fully saturated rings. The summed E-state index contributed by atoms with van der Waals surface area (Å²) in [6.45, 7) is 0.970. The lowest BCUT2D eigenvalue weighted by molar-refractivity contribution is 0.219. The lowest BCUT2D eigenvalue weighted by atomic mass is 10.1. The normalized spacial score (nSPS) is 17.2.